The van der Waals surface area contributed by atoms with Gasteiger partial charge in [-0.15, -0.1) is 0 Å². The van der Waals surface area contributed by atoms with Crippen molar-refractivity contribution >= 4 is 17.7 Å². The quantitative estimate of drug-likeness (QED) is 0.560. The van der Waals surface area contributed by atoms with Crippen LogP contribution < -0.4 is 16.4 Å². The number of carbonyl (C=O) groups is 1. The summed E-state index contributed by atoms with van der Waals surface area (Å²) in [5.41, 5.74) is 4.96. The standard InChI is InChI=1S/C17H29N5O3/c1-4-25-12-7-5-11(6-8-12)20-16-19-9-13(14(18)24)15(21-16)22-17(2,3)10-23/h9,11-12,23H,4-8,10H2,1-3H3,(H2,18,24)(H2,19,20,21,22)/t11-,12-. The highest BCUT2D eigenvalue weighted by atomic mass is 16.5. The third-order valence-electron chi connectivity index (χ3n) is 4.32. The molecule has 2 rings (SSSR count). The number of aliphatic hydroxyl groups is 1. The predicted molar refractivity (Wildman–Crippen MR) is 96.6 cm³/mol. The van der Waals surface area contributed by atoms with Gasteiger partial charge in [-0.25, -0.2) is 4.98 Å². The number of aliphatic hydroxyl groups excluding tert-OH is 1. The molecule has 1 heterocycles. The van der Waals surface area contributed by atoms with Crippen LogP contribution >= 0.6 is 0 Å². The lowest BCUT2D eigenvalue weighted by atomic mass is 9.93. The van der Waals surface area contributed by atoms with E-state index in [-0.39, 0.29) is 18.2 Å². The van der Waals surface area contributed by atoms with Crippen molar-refractivity contribution in [1.29, 1.82) is 0 Å². The number of hydrogen-bond acceptors (Lipinski definition) is 7. The van der Waals surface area contributed by atoms with Gasteiger partial charge in [0.15, 0.2) is 0 Å². The zero-order valence-corrected chi connectivity index (χ0v) is 15.2. The van der Waals surface area contributed by atoms with Crippen molar-refractivity contribution in [2.45, 2.75) is 64.1 Å². The molecule has 0 atom stereocenters. The Morgan fingerprint density at radius 1 is 1.40 bits per heavy atom. The molecule has 1 fully saturated rings. The summed E-state index contributed by atoms with van der Waals surface area (Å²) < 4.78 is 5.67. The number of nitrogens with two attached hydrogens (primary N) is 1. The number of carbonyl (C=O) groups excluding carboxylic acids is 1. The van der Waals surface area contributed by atoms with E-state index in [0.717, 1.165) is 32.3 Å². The fourth-order valence-corrected chi connectivity index (χ4v) is 2.88. The van der Waals surface area contributed by atoms with E-state index >= 15 is 0 Å². The highest BCUT2D eigenvalue weighted by Crippen LogP contribution is 2.24. The van der Waals surface area contributed by atoms with Crippen LogP contribution in [0.15, 0.2) is 6.20 Å². The third-order valence-corrected chi connectivity index (χ3v) is 4.32. The zero-order chi connectivity index (χ0) is 18.4. The third kappa shape index (κ3) is 5.54. The summed E-state index contributed by atoms with van der Waals surface area (Å²) >= 11 is 0. The van der Waals surface area contributed by atoms with Crippen LogP contribution in [0.2, 0.25) is 0 Å². The monoisotopic (exact) mass is 351 g/mol. The lowest BCUT2D eigenvalue weighted by Crippen LogP contribution is -2.36. The molecular weight excluding hydrogens is 322 g/mol. The average Bonchev–Trinajstić information content (AvgIpc) is 2.56. The Morgan fingerprint density at radius 3 is 2.64 bits per heavy atom. The van der Waals surface area contributed by atoms with Gasteiger partial charge in [0.2, 0.25) is 5.95 Å². The first-order valence-corrected chi connectivity index (χ1v) is 8.78. The second kappa shape index (κ2) is 8.44. The number of hydrogen-bond donors (Lipinski definition) is 4. The molecule has 25 heavy (non-hydrogen) atoms. The molecule has 0 radical (unpaired) electrons. The largest absolute Gasteiger partial charge is 0.394 e. The predicted octanol–water partition coefficient (Wildman–Crippen LogP) is 1.52. The molecule has 0 saturated heterocycles. The van der Waals surface area contributed by atoms with E-state index in [0.29, 0.717) is 17.9 Å². The fourth-order valence-electron chi connectivity index (χ4n) is 2.88. The van der Waals surface area contributed by atoms with E-state index < -0.39 is 11.4 Å². The molecule has 8 nitrogen and oxygen atoms in total. The molecule has 1 amide bonds. The average molecular weight is 351 g/mol. The highest BCUT2D eigenvalue weighted by molar-refractivity contribution is 5.97. The molecule has 140 valence electrons. The Hall–Kier alpha value is -1.93. The van der Waals surface area contributed by atoms with Crippen LogP contribution in [0.3, 0.4) is 0 Å². The van der Waals surface area contributed by atoms with Crippen molar-refractivity contribution in [3.8, 4) is 0 Å². The number of nitrogens with zero attached hydrogens (tertiary/aromatic N) is 2. The molecule has 5 N–H and O–H groups in total. The molecule has 0 bridgehead atoms. The number of anilines is 2. The van der Waals surface area contributed by atoms with Crippen LogP contribution in [0.4, 0.5) is 11.8 Å². The van der Waals surface area contributed by atoms with Crippen molar-refractivity contribution < 1.29 is 14.6 Å². The van der Waals surface area contributed by atoms with Crippen LogP contribution in [0.1, 0.15) is 56.8 Å². The van der Waals surface area contributed by atoms with Crippen LogP contribution in [0, 0.1) is 0 Å². The highest BCUT2D eigenvalue weighted by Gasteiger charge is 2.24. The Labute approximate surface area is 148 Å². The summed E-state index contributed by atoms with van der Waals surface area (Å²) in [5.74, 6) is 0.160. The second-order valence-electron chi connectivity index (χ2n) is 7.06. The van der Waals surface area contributed by atoms with Crippen LogP contribution in [0.25, 0.3) is 0 Å². The lowest BCUT2D eigenvalue weighted by Gasteiger charge is -2.29. The SMILES string of the molecule is CCO[C@H]1CC[C@H](Nc2ncc(C(N)=O)c(NC(C)(C)CO)n2)CC1. The Morgan fingerprint density at radius 2 is 2.08 bits per heavy atom. The first-order chi connectivity index (χ1) is 11.8. The van der Waals surface area contributed by atoms with Gasteiger partial charge in [0, 0.05) is 18.8 Å². The molecule has 1 aromatic heterocycles. The molecular formula is C17H29N5O3. The maximum Gasteiger partial charge on any atom is 0.254 e. The Balaban J connectivity index is 2.08. The summed E-state index contributed by atoms with van der Waals surface area (Å²) in [5, 5.41) is 15.8. The Bertz CT molecular complexity index is 586. The molecule has 8 heteroatoms. The first-order valence-electron chi connectivity index (χ1n) is 8.78. The van der Waals surface area contributed by atoms with Gasteiger partial charge in [-0.05, 0) is 46.5 Å². The second-order valence-corrected chi connectivity index (χ2v) is 7.06. The summed E-state index contributed by atoms with van der Waals surface area (Å²) in [6.45, 7) is 6.26. The number of ether oxygens (including phenoxy) is 1. The molecule has 1 saturated carbocycles. The number of primary amides is 1. The normalized spacial score (nSPS) is 21.0. The first kappa shape index (κ1) is 19.4. The van der Waals surface area contributed by atoms with Gasteiger partial charge in [-0.1, -0.05) is 0 Å². The van der Waals surface area contributed by atoms with Gasteiger partial charge in [-0.3, -0.25) is 4.79 Å². The van der Waals surface area contributed by atoms with Gasteiger partial charge in [0.25, 0.3) is 5.91 Å². The Kier molecular flexibility index (Phi) is 6.55. The van der Waals surface area contributed by atoms with Gasteiger partial charge in [0.05, 0.1) is 23.8 Å². The van der Waals surface area contributed by atoms with Gasteiger partial charge < -0.3 is 26.2 Å². The van der Waals surface area contributed by atoms with E-state index in [9.17, 15) is 9.90 Å². The maximum absolute atomic E-state index is 11.6. The molecule has 0 aliphatic heterocycles. The van der Waals surface area contributed by atoms with E-state index in [2.05, 4.69) is 20.6 Å². The van der Waals surface area contributed by atoms with Gasteiger partial charge in [0.1, 0.15) is 5.82 Å². The minimum atomic E-state index is -0.634. The minimum Gasteiger partial charge on any atom is -0.394 e. The fraction of sp³-hybridized carbons (Fsp3) is 0.706. The van der Waals surface area contributed by atoms with Crippen molar-refractivity contribution in [1.82, 2.24) is 9.97 Å². The van der Waals surface area contributed by atoms with Crippen molar-refractivity contribution in [2.24, 2.45) is 5.73 Å². The van der Waals surface area contributed by atoms with E-state index in [1.807, 2.05) is 20.8 Å². The van der Waals surface area contributed by atoms with Crippen molar-refractivity contribution in [3.63, 3.8) is 0 Å². The van der Waals surface area contributed by atoms with Gasteiger partial charge in [-0.2, -0.15) is 4.98 Å². The molecule has 1 aromatic rings. The van der Waals surface area contributed by atoms with Crippen LogP contribution in [-0.4, -0.2) is 51.9 Å². The number of aromatic nitrogens is 2. The zero-order valence-electron chi connectivity index (χ0n) is 15.2. The summed E-state index contributed by atoms with van der Waals surface area (Å²) in [6.07, 6.45) is 5.73. The van der Waals surface area contributed by atoms with E-state index in [1.54, 1.807) is 0 Å². The molecule has 0 unspecified atom stereocenters. The topological polar surface area (TPSA) is 122 Å². The summed E-state index contributed by atoms with van der Waals surface area (Å²) in [7, 11) is 0. The maximum atomic E-state index is 11.6. The van der Waals surface area contributed by atoms with Crippen molar-refractivity contribution in [3.05, 3.63) is 11.8 Å². The van der Waals surface area contributed by atoms with E-state index in [1.165, 1.54) is 6.20 Å². The number of amides is 1. The number of rotatable bonds is 8. The molecule has 0 spiro atoms. The molecule has 1 aliphatic carbocycles. The summed E-state index contributed by atoms with van der Waals surface area (Å²) in [4.78, 5) is 20.2. The van der Waals surface area contributed by atoms with Crippen LogP contribution in [-0.2, 0) is 4.74 Å². The minimum absolute atomic E-state index is 0.112. The van der Waals surface area contributed by atoms with E-state index in [4.69, 9.17) is 10.5 Å². The smallest absolute Gasteiger partial charge is 0.254 e. The van der Waals surface area contributed by atoms with Crippen molar-refractivity contribution in [2.75, 3.05) is 23.8 Å². The lowest BCUT2D eigenvalue weighted by molar-refractivity contribution is 0.0346. The summed E-state index contributed by atoms with van der Waals surface area (Å²) in [6, 6.07) is 0.273. The van der Waals surface area contributed by atoms with Crippen LogP contribution in [0.5, 0.6) is 0 Å². The van der Waals surface area contributed by atoms with Gasteiger partial charge >= 0.3 is 0 Å². The molecule has 0 aromatic carbocycles. The number of nitrogens with one attached hydrogen (secondary N) is 2. The molecule has 1 aliphatic rings.